The molecule has 1 aliphatic rings. The van der Waals surface area contributed by atoms with Crippen LogP contribution in [0.2, 0.25) is 0 Å². The van der Waals surface area contributed by atoms with Gasteiger partial charge in [-0.2, -0.15) is 0 Å². The summed E-state index contributed by atoms with van der Waals surface area (Å²) >= 11 is 0. The number of hydrogen-bond donors (Lipinski definition) is 2. The molecule has 2 rings (SSSR count). The molecule has 0 amide bonds. The molecule has 22 heavy (non-hydrogen) atoms. The molecule has 5 nitrogen and oxygen atoms in total. The van der Waals surface area contributed by atoms with Crippen molar-refractivity contribution < 1.29 is 19.2 Å². The molecule has 1 aliphatic heterocycles. The summed E-state index contributed by atoms with van der Waals surface area (Å²) in [6, 6.07) is 0. The van der Waals surface area contributed by atoms with Crippen molar-refractivity contribution in [2.45, 2.75) is 59.7 Å². The summed E-state index contributed by atoms with van der Waals surface area (Å²) in [5.74, 6) is -0.987. The van der Waals surface area contributed by atoms with Gasteiger partial charge in [0, 0.05) is 5.69 Å². The van der Waals surface area contributed by atoms with Crippen LogP contribution in [-0.4, -0.2) is 29.4 Å². The van der Waals surface area contributed by atoms with E-state index in [0.717, 1.165) is 11.0 Å². The minimum atomic E-state index is -0.987. The Hall–Kier alpha value is -1.53. The van der Waals surface area contributed by atoms with Crippen LogP contribution in [-0.2, 0) is 9.31 Å². The summed E-state index contributed by atoms with van der Waals surface area (Å²) in [6.07, 6.45) is 0. The van der Waals surface area contributed by atoms with E-state index in [-0.39, 0.29) is 5.56 Å². The van der Waals surface area contributed by atoms with Gasteiger partial charge in [-0.25, -0.2) is 4.79 Å². The van der Waals surface area contributed by atoms with Crippen LogP contribution < -0.4 is 11.2 Å². The zero-order valence-corrected chi connectivity index (χ0v) is 14.3. The van der Waals surface area contributed by atoms with Crippen LogP contribution in [0.3, 0.4) is 0 Å². The molecule has 0 bridgehead atoms. The molecule has 0 radical (unpaired) electrons. The molecule has 0 atom stereocenters. The fourth-order valence-electron chi connectivity index (χ4n) is 2.89. The fraction of sp³-hybridized carbons (Fsp3) is 0.562. The van der Waals surface area contributed by atoms with Gasteiger partial charge < -0.3 is 20.1 Å². The number of rotatable bonds is 2. The van der Waals surface area contributed by atoms with Gasteiger partial charge in [-0.1, -0.05) is 0 Å². The Labute approximate surface area is 131 Å². The molecule has 1 aromatic rings. The molecule has 0 saturated carbocycles. The molecule has 3 N–H and O–H groups in total. The second kappa shape index (κ2) is 5.00. The molecule has 0 spiro atoms. The molecule has 1 aromatic carbocycles. The standard InChI is InChI=1S/C16H24BNO4/c1-8-11(14(19)20)9(2)13(18)10(3)12(8)17-21-15(4,5)16(6,7)22-17/h18H2,1-7H3,(H,19,20). The number of anilines is 1. The van der Waals surface area contributed by atoms with E-state index in [0.29, 0.717) is 16.8 Å². The third-order valence-electron chi connectivity index (χ3n) is 5.07. The van der Waals surface area contributed by atoms with E-state index >= 15 is 0 Å². The van der Waals surface area contributed by atoms with Gasteiger partial charge in [-0.3, -0.25) is 0 Å². The van der Waals surface area contributed by atoms with Gasteiger partial charge in [0.25, 0.3) is 0 Å². The maximum absolute atomic E-state index is 11.6. The lowest BCUT2D eigenvalue weighted by molar-refractivity contribution is 0.00578. The highest BCUT2D eigenvalue weighted by Crippen LogP contribution is 2.37. The van der Waals surface area contributed by atoms with Crippen LogP contribution in [0.1, 0.15) is 54.7 Å². The van der Waals surface area contributed by atoms with Crippen LogP contribution in [0.4, 0.5) is 5.69 Å². The third-order valence-corrected chi connectivity index (χ3v) is 5.07. The number of benzene rings is 1. The Bertz CT molecular complexity index is 636. The minimum Gasteiger partial charge on any atom is -0.478 e. The highest BCUT2D eigenvalue weighted by Gasteiger charge is 2.52. The monoisotopic (exact) mass is 305 g/mol. The van der Waals surface area contributed by atoms with E-state index in [1.54, 1.807) is 13.8 Å². The van der Waals surface area contributed by atoms with Gasteiger partial charge in [-0.05, 0) is 70.6 Å². The zero-order valence-electron chi connectivity index (χ0n) is 14.3. The summed E-state index contributed by atoms with van der Waals surface area (Å²) in [6.45, 7) is 13.2. The van der Waals surface area contributed by atoms with Crippen LogP contribution >= 0.6 is 0 Å². The van der Waals surface area contributed by atoms with Crippen LogP contribution in [0.25, 0.3) is 0 Å². The normalized spacial score (nSPS) is 19.5. The lowest BCUT2D eigenvalue weighted by atomic mass is 9.71. The highest BCUT2D eigenvalue weighted by atomic mass is 16.7. The molecule has 1 saturated heterocycles. The van der Waals surface area contributed by atoms with Gasteiger partial charge in [0.15, 0.2) is 0 Å². The molecular weight excluding hydrogens is 281 g/mol. The average molecular weight is 305 g/mol. The summed E-state index contributed by atoms with van der Waals surface area (Å²) in [5, 5.41) is 9.50. The summed E-state index contributed by atoms with van der Waals surface area (Å²) in [5.41, 5.74) is 8.63. The van der Waals surface area contributed by atoms with E-state index in [1.807, 2.05) is 34.6 Å². The lowest BCUT2D eigenvalue weighted by Crippen LogP contribution is -2.41. The average Bonchev–Trinajstić information content (AvgIpc) is 2.55. The SMILES string of the molecule is Cc1c(N)c(C)c(C(=O)O)c(C)c1B1OC(C)(C)C(C)(C)O1. The molecular formula is C16H24BNO4. The highest BCUT2D eigenvalue weighted by molar-refractivity contribution is 6.63. The largest absolute Gasteiger partial charge is 0.495 e. The Morgan fingerprint density at radius 2 is 1.45 bits per heavy atom. The maximum Gasteiger partial charge on any atom is 0.495 e. The van der Waals surface area contributed by atoms with Gasteiger partial charge in [-0.15, -0.1) is 0 Å². The Kier molecular flexibility index (Phi) is 3.82. The number of carbonyl (C=O) groups is 1. The predicted octanol–water partition coefficient (Wildman–Crippen LogP) is 2.19. The van der Waals surface area contributed by atoms with Crippen molar-refractivity contribution in [1.82, 2.24) is 0 Å². The van der Waals surface area contributed by atoms with Gasteiger partial charge in [0.1, 0.15) is 0 Å². The molecule has 0 aromatic heterocycles. The number of nitrogens with two attached hydrogens (primary N) is 1. The Morgan fingerprint density at radius 1 is 1.00 bits per heavy atom. The first-order valence-corrected chi connectivity index (χ1v) is 7.38. The maximum atomic E-state index is 11.6. The van der Waals surface area contributed by atoms with Crippen molar-refractivity contribution >= 4 is 24.2 Å². The zero-order chi connectivity index (χ0) is 17.0. The fourth-order valence-corrected chi connectivity index (χ4v) is 2.89. The topological polar surface area (TPSA) is 81.8 Å². The van der Waals surface area contributed by atoms with Crippen LogP contribution in [0.5, 0.6) is 0 Å². The van der Waals surface area contributed by atoms with Crippen molar-refractivity contribution in [3.05, 3.63) is 22.3 Å². The van der Waals surface area contributed by atoms with E-state index in [4.69, 9.17) is 15.0 Å². The lowest BCUT2D eigenvalue weighted by Gasteiger charge is -2.32. The van der Waals surface area contributed by atoms with E-state index in [1.165, 1.54) is 0 Å². The number of nitrogen functional groups attached to an aromatic ring is 1. The second-order valence-corrected chi connectivity index (χ2v) is 6.97. The third kappa shape index (κ3) is 2.30. The minimum absolute atomic E-state index is 0.229. The van der Waals surface area contributed by atoms with Crippen molar-refractivity contribution in [3.63, 3.8) is 0 Å². The quantitative estimate of drug-likeness (QED) is 0.646. The van der Waals surface area contributed by atoms with Gasteiger partial charge in [0.05, 0.1) is 16.8 Å². The summed E-state index contributed by atoms with van der Waals surface area (Å²) in [7, 11) is -0.619. The number of carboxylic acid groups (broad SMARTS) is 1. The van der Waals surface area contributed by atoms with Crippen molar-refractivity contribution in [1.29, 1.82) is 0 Å². The Balaban J connectivity index is 2.66. The second-order valence-electron chi connectivity index (χ2n) is 6.97. The smallest absolute Gasteiger partial charge is 0.478 e. The molecule has 120 valence electrons. The van der Waals surface area contributed by atoms with Gasteiger partial charge >= 0.3 is 13.1 Å². The summed E-state index contributed by atoms with van der Waals surface area (Å²) in [4.78, 5) is 11.6. The van der Waals surface area contributed by atoms with E-state index in [2.05, 4.69) is 0 Å². The molecule has 1 fully saturated rings. The molecule has 1 heterocycles. The van der Waals surface area contributed by atoms with Crippen molar-refractivity contribution in [2.75, 3.05) is 5.73 Å². The van der Waals surface area contributed by atoms with Crippen molar-refractivity contribution in [3.8, 4) is 0 Å². The van der Waals surface area contributed by atoms with Crippen molar-refractivity contribution in [2.24, 2.45) is 0 Å². The Morgan fingerprint density at radius 3 is 1.86 bits per heavy atom. The molecule has 0 unspecified atom stereocenters. The van der Waals surface area contributed by atoms with Crippen LogP contribution in [0, 0.1) is 20.8 Å². The first kappa shape index (κ1) is 16.8. The number of carboxylic acids is 1. The molecule has 6 heteroatoms. The number of hydrogen-bond acceptors (Lipinski definition) is 4. The predicted molar refractivity (Wildman–Crippen MR) is 87.7 cm³/mol. The first-order valence-electron chi connectivity index (χ1n) is 7.38. The van der Waals surface area contributed by atoms with E-state index < -0.39 is 24.3 Å². The molecule has 0 aliphatic carbocycles. The first-order chi connectivity index (χ1) is 9.90. The van der Waals surface area contributed by atoms with Crippen LogP contribution in [0.15, 0.2) is 0 Å². The summed E-state index contributed by atoms with van der Waals surface area (Å²) < 4.78 is 12.1. The number of aromatic carboxylic acids is 1. The van der Waals surface area contributed by atoms with E-state index in [9.17, 15) is 9.90 Å². The van der Waals surface area contributed by atoms with Gasteiger partial charge in [0.2, 0.25) is 0 Å².